The van der Waals surface area contributed by atoms with Crippen LogP contribution in [-0.2, 0) is 18.7 Å². The number of rotatable bonds is 7. The van der Waals surface area contributed by atoms with Crippen LogP contribution in [0.15, 0.2) is 95.0 Å². The van der Waals surface area contributed by atoms with Crippen molar-refractivity contribution in [2.24, 2.45) is 0 Å². The van der Waals surface area contributed by atoms with Crippen molar-refractivity contribution in [2.75, 3.05) is 0 Å². The van der Waals surface area contributed by atoms with E-state index in [9.17, 15) is 4.79 Å². The van der Waals surface area contributed by atoms with Gasteiger partial charge in [0.05, 0.1) is 17.9 Å². The van der Waals surface area contributed by atoms with E-state index >= 15 is 0 Å². The molecule has 0 saturated heterocycles. The van der Waals surface area contributed by atoms with Crippen molar-refractivity contribution >= 4 is 22.5 Å². The van der Waals surface area contributed by atoms with Gasteiger partial charge in [-0.15, -0.1) is 5.10 Å². The number of aromatic amines is 1. The van der Waals surface area contributed by atoms with Crippen molar-refractivity contribution in [3.63, 3.8) is 0 Å². The van der Waals surface area contributed by atoms with E-state index in [0.717, 1.165) is 17.0 Å². The van der Waals surface area contributed by atoms with Crippen LogP contribution >= 0.6 is 11.8 Å². The molecule has 0 radical (unpaired) electrons. The molecule has 2 aromatic heterocycles. The quantitative estimate of drug-likeness (QED) is 0.300. The summed E-state index contributed by atoms with van der Waals surface area (Å²) < 4.78 is 1.82. The molecule has 0 unspecified atom stereocenters. The highest BCUT2D eigenvalue weighted by Crippen LogP contribution is 2.22. The summed E-state index contributed by atoms with van der Waals surface area (Å²) >= 11 is 1.45. The maximum Gasteiger partial charge on any atom is 0.251 e. The van der Waals surface area contributed by atoms with Gasteiger partial charge < -0.3 is 4.98 Å². The van der Waals surface area contributed by atoms with Crippen LogP contribution in [0.2, 0.25) is 0 Å². The Balaban J connectivity index is 1.29. The zero-order valence-electron chi connectivity index (χ0n) is 17.3. The van der Waals surface area contributed by atoms with E-state index in [4.69, 9.17) is 0 Å². The standard InChI is InChI=1S/C25H21N5OS/c31-24-14-21(13-20-11-6-10-19-9-4-5-12-23(19)20)26-25(27-24)32-17-22-16-30(29-28-22)15-18-7-2-1-3-8-18/h1-12,14,16H,13,15,17H2,(H,26,27,31). The number of thioether (sulfide) groups is 1. The Bertz CT molecular complexity index is 1410. The van der Waals surface area contributed by atoms with Gasteiger partial charge in [0.25, 0.3) is 5.56 Å². The molecule has 0 aliphatic rings. The first-order valence-electron chi connectivity index (χ1n) is 10.4. The Morgan fingerprint density at radius 1 is 0.906 bits per heavy atom. The molecule has 32 heavy (non-hydrogen) atoms. The lowest BCUT2D eigenvalue weighted by atomic mass is 10.0. The zero-order valence-corrected chi connectivity index (χ0v) is 18.1. The number of hydrogen-bond acceptors (Lipinski definition) is 5. The molecule has 1 N–H and O–H groups in total. The molecule has 0 aliphatic heterocycles. The van der Waals surface area contributed by atoms with E-state index in [1.165, 1.54) is 28.1 Å². The van der Waals surface area contributed by atoms with Gasteiger partial charge in [-0.05, 0) is 21.9 Å². The Morgan fingerprint density at radius 2 is 1.72 bits per heavy atom. The summed E-state index contributed by atoms with van der Waals surface area (Å²) in [6.45, 7) is 0.675. The summed E-state index contributed by atoms with van der Waals surface area (Å²) in [5.41, 5.74) is 3.77. The van der Waals surface area contributed by atoms with E-state index in [-0.39, 0.29) is 5.56 Å². The fourth-order valence-corrected chi connectivity index (χ4v) is 4.45. The fourth-order valence-electron chi connectivity index (χ4n) is 3.68. The van der Waals surface area contributed by atoms with Crippen molar-refractivity contribution in [3.05, 3.63) is 118 Å². The van der Waals surface area contributed by atoms with Gasteiger partial charge in [-0.1, -0.05) is 89.8 Å². The number of fused-ring (bicyclic) bond motifs is 1. The third kappa shape index (κ3) is 4.78. The topological polar surface area (TPSA) is 76.5 Å². The highest BCUT2D eigenvalue weighted by atomic mass is 32.2. The predicted molar refractivity (Wildman–Crippen MR) is 127 cm³/mol. The monoisotopic (exact) mass is 439 g/mol. The van der Waals surface area contributed by atoms with Gasteiger partial charge in [0.1, 0.15) is 0 Å². The maximum atomic E-state index is 12.2. The molecule has 0 fully saturated rings. The maximum absolute atomic E-state index is 12.2. The largest absolute Gasteiger partial charge is 0.301 e. The molecule has 0 aliphatic carbocycles. The number of nitrogens with one attached hydrogen (secondary N) is 1. The van der Waals surface area contributed by atoms with Gasteiger partial charge in [-0.2, -0.15) is 0 Å². The van der Waals surface area contributed by atoms with Crippen molar-refractivity contribution in [1.29, 1.82) is 0 Å². The van der Waals surface area contributed by atoms with Gasteiger partial charge >= 0.3 is 0 Å². The number of benzene rings is 3. The lowest BCUT2D eigenvalue weighted by Crippen LogP contribution is -2.10. The van der Waals surface area contributed by atoms with Crippen LogP contribution in [0.1, 0.15) is 22.5 Å². The molecule has 0 saturated carbocycles. The Labute approximate surface area is 189 Å². The first kappa shape index (κ1) is 20.2. The lowest BCUT2D eigenvalue weighted by molar-refractivity contribution is 0.649. The van der Waals surface area contributed by atoms with Crippen LogP contribution < -0.4 is 5.56 Å². The molecule has 2 heterocycles. The molecule has 0 bridgehead atoms. The van der Waals surface area contributed by atoms with E-state index in [1.54, 1.807) is 6.07 Å². The van der Waals surface area contributed by atoms with Crippen LogP contribution in [0.25, 0.3) is 10.8 Å². The first-order valence-corrected chi connectivity index (χ1v) is 11.3. The second-order valence-electron chi connectivity index (χ2n) is 7.54. The van der Waals surface area contributed by atoms with E-state index in [2.05, 4.69) is 56.7 Å². The van der Waals surface area contributed by atoms with E-state index in [0.29, 0.717) is 23.9 Å². The van der Waals surface area contributed by atoms with Crippen LogP contribution in [-0.4, -0.2) is 25.0 Å². The minimum atomic E-state index is -0.148. The average Bonchev–Trinajstić information content (AvgIpc) is 3.26. The van der Waals surface area contributed by atoms with Gasteiger partial charge in [0.2, 0.25) is 0 Å². The van der Waals surface area contributed by atoms with E-state index in [1.807, 2.05) is 47.3 Å². The third-order valence-electron chi connectivity index (χ3n) is 5.15. The lowest BCUT2D eigenvalue weighted by Gasteiger charge is -2.07. The smallest absolute Gasteiger partial charge is 0.251 e. The van der Waals surface area contributed by atoms with Gasteiger partial charge in [-0.25, -0.2) is 9.67 Å². The summed E-state index contributed by atoms with van der Waals surface area (Å²) in [6.07, 6.45) is 2.53. The molecule has 0 spiro atoms. The zero-order chi connectivity index (χ0) is 21.8. The SMILES string of the molecule is O=c1cc(Cc2cccc3ccccc23)nc(SCc2cn(Cc3ccccc3)nn2)[nH]1. The number of nitrogens with zero attached hydrogens (tertiary/aromatic N) is 4. The Hall–Kier alpha value is -3.71. The summed E-state index contributed by atoms with van der Waals surface area (Å²) in [6, 6.07) is 26.2. The van der Waals surface area contributed by atoms with E-state index < -0.39 is 0 Å². The Kier molecular flexibility index (Phi) is 5.81. The first-order chi connectivity index (χ1) is 15.7. The van der Waals surface area contributed by atoms with Crippen molar-refractivity contribution in [3.8, 4) is 0 Å². The highest BCUT2D eigenvalue weighted by Gasteiger charge is 2.08. The molecular formula is C25H21N5OS. The van der Waals surface area contributed by atoms with Gasteiger partial charge in [0, 0.05) is 24.4 Å². The van der Waals surface area contributed by atoms with Gasteiger partial charge in [-0.3, -0.25) is 4.79 Å². The molecule has 158 valence electrons. The van der Waals surface area contributed by atoms with Crippen molar-refractivity contribution < 1.29 is 0 Å². The number of H-pyrrole nitrogens is 1. The molecule has 7 heteroatoms. The highest BCUT2D eigenvalue weighted by molar-refractivity contribution is 7.98. The summed E-state index contributed by atoms with van der Waals surface area (Å²) in [5.74, 6) is 0.579. The summed E-state index contributed by atoms with van der Waals surface area (Å²) in [7, 11) is 0. The third-order valence-corrected chi connectivity index (χ3v) is 6.06. The van der Waals surface area contributed by atoms with Crippen LogP contribution in [0.3, 0.4) is 0 Å². The summed E-state index contributed by atoms with van der Waals surface area (Å²) in [4.78, 5) is 19.7. The molecule has 0 amide bonds. The van der Waals surface area contributed by atoms with Crippen LogP contribution in [0.4, 0.5) is 0 Å². The second kappa shape index (κ2) is 9.20. The van der Waals surface area contributed by atoms with Gasteiger partial charge in [0.15, 0.2) is 5.16 Å². The van der Waals surface area contributed by atoms with Crippen molar-refractivity contribution in [1.82, 2.24) is 25.0 Å². The normalized spacial score (nSPS) is 11.1. The second-order valence-corrected chi connectivity index (χ2v) is 8.50. The van der Waals surface area contributed by atoms with Crippen LogP contribution in [0, 0.1) is 0 Å². The molecular weight excluding hydrogens is 418 g/mol. The Morgan fingerprint density at radius 3 is 2.62 bits per heavy atom. The molecule has 5 aromatic rings. The predicted octanol–water partition coefficient (Wildman–Crippen LogP) is 4.45. The number of aromatic nitrogens is 5. The number of hydrogen-bond donors (Lipinski definition) is 1. The molecule has 5 rings (SSSR count). The fraction of sp³-hybridized carbons (Fsp3) is 0.120. The van der Waals surface area contributed by atoms with Crippen LogP contribution in [0.5, 0.6) is 0 Å². The molecule has 6 nitrogen and oxygen atoms in total. The molecule has 3 aromatic carbocycles. The average molecular weight is 440 g/mol. The molecule has 0 atom stereocenters. The minimum absolute atomic E-state index is 0.148. The van der Waals surface area contributed by atoms with Crippen molar-refractivity contribution in [2.45, 2.75) is 23.9 Å². The minimum Gasteiger partial charge on any atom is -0.301 e. The summed E-state index contributed by atoms with van der Waals surface area (Å²) in [5, 5.41) is 11.4.